The van der Waals surface area contributed by atoms with Crippen molar-refractivity contribution < 1.29 is 13.9 Å². The fourth-order valence-corrected chi connectivity index (χ4v) is 2.65. The highest BCUT2D eigenvalue weighted by Gasteiger charge is 2.21. The maximum Gasteiger partial charge on any atom is 0.270 e. The monoisotopic (exact) mass is 291 g/mol. The Morgan fingerprint density at radius 3 is 3.14 bits per heavy atom. The molecule has 0 saturated carbocycles. The summed E-state index contributed by atoms with van der Waals surface area (Å²) < 4.78 is 20.4. The van der Waals surface area contributed by atoms with Gasteiger partial charge in [0.2, 0.25) is 0 Å². The van der Waals surface area contributed by atoms with E-state index in [-0.39, 0.29) is 12.0 Å². The molecule has 112 valence electrons. The number of halogens is 1. The summed E-state index contributed by atoms with van der Waals surface area (Å²) in [5.41, 5.74) is 1.66. The number of imidazole rings is 1. The van der Waals surface area contributed by atoms with Crippen LogP contribution in [-0.4, -0.2) is 34.5 Å². The Kier molecular flexibility index (Phi) is 3.88. The molecule has 1 saturated heterocycles. The number of aryl methyl sites for hydroxylation is 1. The third kappa shape index (κ3) is 2.76. The maximum absolute atomic E-state index is 13.4. The zero-order chi connectivity index (χ0) is 14.8. The van der Waals surface area contributed by atoms with Crippen molar-refractivity contribution in [1.29, 1.82) is 0 Å². The largest absolute Gasteiger partial charge is 0.376 e. The number of ether oxygens (including phenoxy) is 1. The summed E-state index contributed by atoms with van der Waals surface area (Å²) in [6, 6.07) is 2.92. The van der Waals surface area contributed by atoms with Crippen LogP contribution in [0.25, 0.3) is 5.65 Å². The van der Waals surface area contributed by atoms with Crippen molar-refractivity contribution in [2.75, 3.05) is 13.2 Å². The number of amides is 1. The lowest BCUT2D eigenvalue weighted by Gasteiger charge is -2.11. The van der Waals surface area contributed by atoms with Crippen molar-refractivity contribution in [2.24, 2.45) is 0 Å². The smallest absolute Gasteiger partial charge is 0.270 e. The van der Waals surface area contributed by atoms with Crippen LogP contribution in [0.1, 0.15) is 35.9 Å². The van der Waals surface area contributed by atoms with Crippen LogP contribution in [-0.2, 0) is 11.2 Å². The predicted molar refractivity (Wildman–Crippen MR) is 75.8 cm³/mol. The molecule has 1 unspecified atom stereocenters. The molecular weight excluding hydrogens is 273 g/mol. The number of hydrogen-bond donors (Lipinski definition) is 1. The summed E-state index contributed by atoms with van der Waals surface area (Å²) in [6.45, 7) is 3.15. The second-order valence-corrected chi connectivity index (χ2v) is 5.18. The van der Waals surface area contributed by atoms with E-state index in [9.17, 15) is 9.18 Å². The quantitative estimate of drug-likeness (QED) is 0.936. The third-order valence-corrected chi connectivity index (χ3v) is 3.72. The Bertz CT molecular complexity index is 662. The summed E-state index contributed by atoms with van der Waals surface area (Å²) in [5, 5.41) is 2.87. The number of carbonyl (C=O) groups excluding carboxylic acids is 1. The Labute approximate surface area is 122 Å². The van der Waals surface area contributed by atoms with Crippen LogP contribution < -0.4 is 5.32 Å². The molecule has 0 bridgehead atoms. The van der Waals surface area contributed by atoms with Crippen LogP contribution in [0, 0.1) is 5.82 Å². The highest BCUT2D eigenvalue weighted by Crippen LogP contribution is 2.15. The lowest BCUT2D eigenvalue weighted by molar-refractivity contribution is 0.0852. The maximum atomic E-state index is 13.4. The Balaban J connectivity index is 1.86. The molecule has 0 radical (unpaired) electrons. The average Bonchev–Trinajstić information content (AvgIpc) is 3.11. The van der Waals surface area contributed by atoms with E-state index in [0.717, 1.165) is 19.4 Å². The van der Waals surface area contributed by atoms with Crippen molar-refractivity contribution in [3.8, 4) is 0 Å². The van der Waals surface area contributed by atoms with E-state index in [1.807, 2.05) is 6.92 Å². The second kappa shape index (κ2) is 5.81. The van der Waals surface area contributed by atoms with Gasteiger partial charge in [0.05, 0.1) is 11.8 Å². The molecule has 3 heterocycles. The first-order valence-electron chi connectivity index (χ1n) is 7.25. The molecular formula is C15H18FN3O2. The van der Waals surface area contributed by atoms with Gasteiger partial charge in [-0.3, -0.25) is 9.20 Å². The number of hydrogen-bond acceptors (Lipinski definition) is 3. The number of carbonyl (C=O) groups is 1. The second-order valence-electron chi connectivity index (χ2n) is 5.18. The van der Waals surface area contributed by atoms with Gasteiger partial charge in [-0.25, -0.2) is 9.37 Å². The molecule has 2 aromatic heterocycles. The third-order valence-electron chi connectivity index (χ3n) is 3.72. The molecule has 1 amide bonds. The van der Waals surface area contributed by atoms with Gasteiger partial charge in [-0.2, -0.15) is 0 Å². The van der Waals surface area contributed by atoms with Gasteiger partial charge in [-0.1, -0.05) is 6.92 Å². The van der Waals surface area contributed by atoms with Crippen molar-refractivity contribution in [1.82, 2.24) is 14.7 Å². The summed E-state index contributed by atoms with van der Waals surface area (Å²) in [5.74, 6) is -0.629. The number of pyridine rings is 1. The number of rotatable bonds is 4. The summed E-state index contributed by atoms with van der Waals surface area (Å²) in [6.07, 6.45) is 3.98. The van der Waals surface area contributed by atoms with Crippen LogP contribution >= 0.6 is 0 Å². The van der Waals surface area contributed by atoms with E-state index < -0.39 is 5.82 Å². The Morgan fingerprint density at radius 1 is 1.57 bits per heavy atom. The van der Waals surface area contributed by atoms with E-state index in [0.29, 0.717) is 30.0 Å². The SMILES string of the molecule is CCc1nc2ccc(F)cn2c1C(=O)NCC1CCCO1. The molecule has 2 aromatic rings. The molecule has 5 nitrogen and oxygen atoms in total. The molecule has 3 rings (SSSR count). The van der Waals surface area contributed by atoms with Gasteiger partial charge in [0.1, 0.15) is 17.2 Å². The molecule has 0 spiro atoms. The topological polar surface area (TPSA) is 55.6 Å². The minimum atomic E-state index is -0.393. The van der Waals surface area contributed by atoms with Gasteiger partial charge in [-0.05, 0) is 31.4 Å². The normalized spacial score (nSPS) is 18.3. The van der Waals surface area contributed by atoms with Crippen LogP contribution in [0.3, 0.4) is 0 Å². The van der Waals surface area contributed by atoms with Gasteiger partial charge in [0.15, 0.2) is 0 Å². The van der Waals surface area contributed by atoms with Crippen LogP contribution in [0.2, 0.25) is 0 Å². The van der Waals surface area contributed by atoms with Gasteiger partial charge < -0.3 is 10.1 Å². The predicted octanol–water partition coefficient (Wildman–Crippen LogP) is 1.94. The van der Waals surface area contributed by atoms with Crippen LogP contribution in [0.5, 0.6) is 0 Å². The fraction of sp³-hybridized carbons (Fsp3) is 0.467. The number of aromatic nitrogens is 2. The molecule has 1 aliphatic heterocycles. The minimum absolute atomic E-state index is 0.0787. The van der Waals surface area contributed by atoms with Gasteiger partial charge in [0, 0.05) is 19.3 Å². The molecule has 6 heteroatoms. The Morgan fingerprint density at radius 2 is 2.43 bits per heavy atom. The van der Waals surface area contributed by atoms with E-state index >= 15 is 0 Å². The Hall–Kier alpha value is -1.95. The van der Waals surface area contributed by atoms with Gasteiger partial charge >= 0.3 is 0 Å². The summed E-state index contributed by atoms with van der Waals surface area (Å²) >= 11 is 0. The number of nitrogens with zero attached hydrogens (tertiary/aromatic N) is 2. The zero-order valence-corrected chi connectivity index (χ0v) is 11.9. The van der Waals surface area contributed by atoms with Crippen LogP contribution in [0.15, 0.2) is 18.3 Å². The van der Waals surface area contributed by atoms with Crippen molar-refractivity contribution >= 4 is 11.6 Å². The molecule has 0 aromatic carbocycles. The number of nitrogens with one attached hydrogen (secondary N) is 1. The lowest BCUT2D eigenvalue weighted by Crippen LogP contribution is -2.33. The van der Waals surface area contributed by atoms with Crippen molar-refractivity contribution in [2.45, 2.75) is 32.3 Å². The molecule has 1 N–H and O–H groups in total. The molecule has 21 heavy (non-hydrogen) atoms. The highest BCUT2D eigenvalue weighted by atomic mass is 19.1. The zero-order valence-electron chi connectivity index (χ0n) is 11.9. The summed E-state index contributed by atoms with van der Waals surface area (Å²) in [7, 11) is 0. The minimum Gasteiger partial charge on any atom is -0.376 e. The molecule has 0 aliphatic carbocycles. The van der Waals surface area contributed by atoms with Crippen molar-refractivity contribution in [3.05, 3.63) is 35.5 Å². The average molecular weight is 291 g/mol. The first-order chi connectivity index (χ1) is 10.2. The van der Waals surface area contributed by atoms with Gasteiger partial charge in [0.25, 0.3) is 5.91 Å². The molecule has 1 fully saturated rings. The molecule has 1 atom stereocenters. The lowest BCUT2D eigenvalue weighted by atomic mass is 10.2. The van der Waals surface area contributed by atoms with Crippen molar-refractivity contribution in [3.63, 3.8) is 0 Å². The van der Waals surface area contributed by atoms with E-state index in [1.54, 1.807) is 6.07 Å². The first kappa shape index (κ1) is 14.0. The standard InChI is InChI=1S/C15H18FN3O2/c1-2-12-14(15(20)17-8-11-4-3-7-21-11)19-9-10(16)5-6-13(19)18-12/h5-6,9,11H,2-4,7-8H2,1H3,(H,17,20). The van der Waals surface area contributed by atoms with E-state index in [2.05, 4.69) is 10.3 Å². The number of fused-ring (bicyclic) bond motifs is 1. The van der Waals surface area contributed by atoms with E-state index in [1.165, 1.54) is 16.7 Å². The van der Waals surface area contributed by atoms with Crippen LogP contribution in [0.4, 0.5) is 4.39 Å². The summed E-state index contributed by atoms with van der Waals surface area (Å²) in [4.78, 5) is 16.8. The fourth-order valence-electron chi connectivity index (χ4n) is 2.65. The highest BCUT2D eigenvalue weighted by molar-refractivity contribution is 5.94. The van der Waals surface area contributed by atoms with E-state index in [4.69, 9.17) is 4.74 Å². The van der Waals surface area contributed by atoms with Gasteiger partial charge in [-0.15, -0.1) is 0 Å². The molecule has 1 aliphatic rings. The first-order valence-corrected chi connectivity index (χ1v) is 7.25.